The molecule has 1 amide bonds. The molecule has 28 heavy (non-hydrogen) atoms. The molecule has 3 aromatic heterocycles. The first-order chi connectivity index (χ1) is 13.7. The van der Waals surface area contributed by atoms with Crippen LogP contribution in [-0.4, -0.2) is 57.3 Å². The molecular weight excluding hydrogens is 356 g/mol. The van der Waals surface area contributed by atoms with Crippen molar-refractivity contribution < 1.29 is 9.32 Å². The second-order valence-corrected chi connectivity index (χ2v) is 7.32. The van der Waals surface area contributed by atoms with Gasteiger partial charge in [-0.3, -0.25) is 9.78 Å². The van der Waals surface area contributed by atoms with Crippen LogP contribution in [0.15, 0.2) is 41.2 Å². The molecule has 1 saturated heterocycles. The molecule has 8 heteroatoms. The molecule has 0 spiro atoms. The van der Waals surface area contributed by atoms with E-state index in [4.69, 9.17) is 4.52 Å². The summed E-state index contributed by atoms with van der Waals surface area (Å²) in [6, 6.07) is 7.60. The van der Waals surface area contributed by atoms with Crippen LogP contribution in [0.25, 0.3) is 11.3 Å². The van der Waals surface area contributed by atoms with Gasteiger partial charge in [-0.05, 0) is 43.0 Å². The maximum Gasteiger partial charge on any atom is 0.276 e. The second-order valence-electron chi connectivity index (χ2n) is 7.32. The van der Waals surface area contributed by atoms with Gasteiger partial charge in [0.25, 0.3) is 5.91 Å². The summed E-state index contributed by atoms with van der Waals surface area (Å²) in [4.78, 5) is 20.7. The molecule has 0 unspecified atom stereocenters. The first-order valence-corrected chi connectivity index (χ1v) is 9.44. The van der Waals surface area contributed by atoms with Crippen molar-refractivity contribution >= 4 is 11.7 Å². The summed E-state index contributed by atoms with van der Waals surface area (Å²) in [7, 11) is 1.80. The van der Waals surface area contributed by atoms with Crippen molar-refractivity contribution in [1.82, 2.24) is 25.2 Å². The molecule has 4 heterocycles. The van der Waals surface area contributed by atoms with E-state index in [9.17, 15) is 4.79 Å². The summed E-state index contributed by atoms with van der Waals surface area (Å²) >= 11 is 0. The third-order valence-electron chi connectivity index (χ3n) is 5.54. The number of aryl methyl sites for hydroxylation is 2. The summed E-state index contributed by atoms with van der Waals surface area (Å²) in [5.41, 5.74) is 3.53. The van der Waals surface area contributed by atoms with E-state index in [0.717, 1.165) is 49.4 Å². The lowest BCUT2D eigenvalue weighted by Crippen LogP contribution is -2.60. The van der Waals surface area contributed by atoms with Crippen LogP contribution in [0.3, 0.4) is 0 Å². The van der Waals surface area contributed by atoms with Crippen molar-refractivity contribution in [3.8, 4) is 11.3 Å². The fourth-order valence-electron chi connectivity index (χ4n) is 3.73. The van der Waals surface area contributed by atoms with E-state index in [1.54, 1.807) is 30.4 Å². The molecule has 5 rings (SSSR count). The van der Waals surface area contributed by atoms with E-state index >= 15 is 0 Å². The van der Waals surface area contributed by atoms with E-state index in [2.05, 4.69) is 31.3 Å². The first kappa shape index (κ1) is 16.9. The van der Waals surface area contributed by atoms with Crippen LogP contribution in [0.4, 0.5) is 5.82 Å². The van der Waals surface area contributed by atoms with E-state index in [-0.39, 0.29) is 11.9 Å². The molecule has 1 aliphatic heterocycles. The normalized spacial score (nSPS) is 16.0. The number of hydrogen-bond donors (Lipinski definition) is 0. The molecule has 8 nitrogen and oxygen atoms in total. The Bertz CT molecular complexity index is 1010. The maximum absolute atomic E-state index is 12.8. The summed E-state index contributed by atoms with van der Waals surface area (Å²) in [6.07, 6.45) is 6.64. The Hall–Kier alpha value is -3.29. The monoisotopic (exact) mass is 376 g/mol. The standard InChI is InChI=1S/C20H20N6O2/c1-25(20(27)17-9-18(28-24-17)14-5-3-7-21-10-14)15-11-26(12-15)19-8-13-4-2-6-16(13)22-23-19/h3,5,7-10,15H,2,4,6,11-12H2,1H3. The van der Waals surface area contributed by atoms with Crippen LogP contribution in [0.1, 0.15) is 28.2 Å². The predicted octanol–water partition coefficient (Wildman–Crippen LogP) is 1.98. The minimum absolute atomic E-state index is 0.112. The van der Waals surface area contributed by atoms with Crippen LogP contribution in [0.5, 0.6) is 0 Å². The van der Waals surface area contributed by atoms with E-state index < -0.39 is 0 Å². The summed E-state index contributed by atoms with van der Waals surface area (Å²) in [5.74, 6) is 1.29. The fraction of sp³-hybridized carbons (Fsp3) is 0.350. The van der Waals surface area contributed by atoms with Crippen molar-refractivity contribution in [2.45, 2.75) is 25.3 Å². The van der Waals surface area contributed by atoms with Crippen molar-refractivity contribution in [2.24, 2.45) is 0 Å². The number of anilines is 1. The summed E-state index contributed by atoms with van der Waals surface area (Å²) in [5, 5.41) is 12.6. The topological polar surface area (TPSA) is 88.3 Å². The Morgan fingerprint density at radius 3 is 2.96 bits per heavy atom. The molecular formula is C20H20N6O2. The van der Waals surface area contributed by atoms with Crippen LogP contribution < -0.4 is 4.90 Å². The van der Waals surface area contributed by atoms with Crippen LogP contribution in [-0.2, 0) is 12.8 Å². The third-order valence-corrected chi connectivity index (χ3v) is 5.54. The largest absolute Gasteiger partial charge is 0.355 e. The average Bonchev–Trinajstić information content (AvgIpc) is 3.36. The number of amides is 1. The first-order valence-electron chi connectivity index (χ1n) is 9.44. The number of pyridine rings is 1. The highest BCUT2D eigenvalue weighted by atomic mass is 16.5. The molecule has 142 valence electrons. The molecule has 0 aromatic carbocycles. The highest BCUT2D eigenvalue weighted by Gasteiger charge is 2.35. The highest BCUT2D eigenvalue weighted by Crippen LogP contribution is 2.27. The van der Waals surface area contributed by atoms with Gasteiger partial charge in [-0.1, -0.05) is 5.16 Å². The Morgan fingerprint density at radius 1 is 1.25 bits per heavy atom. The zero-order valence-corrected chi connectivity index (χ0v) is 15.6. The zero-order valence-electron chi connectivity index (χ0n) is 15.6. The van der Waals surface area contributed by atoms with Gasteiger partial charge in [-0.2, -0.15) is 5.10 Å². The van der Waals surface area contributed by atoms with Gasteiger partial charge in [-0.25, -0.2) is 0 Å². The molecule has 2 aliphatic rings. The van der Waals surface area contributed by atoms with E-state index in [1.165, 1.54) is 5.56 Å². The van der Waals surface area contributed by atoms with Gasteiger partial charge in [0.15, 0.2) is 17.3 Å². The summed E-state index contributed by atoms with van der Waals surface area (Å²) < 4.78 is 5.32. The number of carbonyl (C=O) groups is 1. The second kappa shape index (κ2) is 6.70. The quantitative estimate of drug-likeness (QED) is 0.688. The van der Waals surface area contributed by atoms with Crippen LogP contribution in [0, 0.1) is 0 Å². The van der Waals surface area contributed by atoms with Gasteiger partial charge in [0.2, 0.25) is 0 Å². The number of nitrogens with zero attached hydrogens (tertiary/aromatic N) is 6. The van der Waals surface area contributed by atoms with Crippen molar-refractivity contribution in [3.05, 3.63) is 53.6 Å². The molecule has 1 aliphatic carbocycles. The number of hydrogen-bond acceptors (Lipinski definition) is 7. The molecule has 0 atom stereocenters. The Labute approximate surface area is 162 Å². The number of carbonyl (C=O) groups excluding carboxylic acids is 1. The van der Waals surface area contributed by atoms with E-state index in [0.29, 0.717) is 11.5 Å². The molecule has 0 N–H and O–H groups in total. The SMILES string of the molecule is CN(C(=O)c1cc(-c2cccnc2)on1)C1CN(c2cc3c(nn2)CCC3)C1. The van der Waals surface area contributed by atoms with Crippen LogP contribution in [0.2, 0.25) is 0 Å². The Kier molecular flexibility index (Phi) is 4.03. The van der Waals surface area contributed by atoms with Gasteiger partial charge in [-0.15, -0.1) is 5.10 Å². The summed E-state index contributed by atoms with van der Waals surface area (Å²) in [6.45, 7) is 1.48. The minimum Gasteiger partial charge on any atom is -0.355 e. The average molecular weight is 376 g/mol. The van der Waals surface area contributed by atoms with Crippen molar-refractivity contribution in [1.29, 1.82) is 0 Å². The number of likely N-dealkylation sites (N-methyl/N-ethyl adjacent to an activating group) is 1. The number of aromatic nitrogens is 4. The van der Waals surface area contributed by atoms with Crippen LogP contribution >= 0.6 is 0 Å². The van der Waals surface area contributed by atoms with Gasteiger partial charge in [0.1, 0.15) is 0 Å². The third kappa shape index (κ3) is 2.90. The maximum atomic E-state index is 12.8. The van der Waals surface area contributed by atoms with Gasteiger partial charge in [0, 0.05) is 44.2 Å². The van der Waals surface area contributed by atoms with E-state index in [1.807, 2.05) is 12.1 Å². The predicted molar refractivity (Wildman–Crippen MR) is 102 cm³/mol. The minimum atomic E-state index is -0.149. The van der Waals surface area contributed by atoms with Crippen molar-refractivity contribution in [3.63, 3.8) is 0 Å². The molecule has 3 aromatic rings. The number of rotatable bonds is 4. The lowest BCUT2D eigenvalue weighted by atomic mass is 10.1. The van der Waals surface area contributed by atoms with Gasteiger partial charge in [0.05, 0.1) is 11.7 Å². The molecule has 0 saturated carbocycles. The van der Waals surface area contributed by atoms with Gasteiger partial charge < -0.3 is 14.3 Å². The van der Waals surface area contributed by atoms with Gasteiger partial charge >= 0.3 is 0 Å². The lowest BCUT2D eigenvalue weighted by molar-refractivity contribution is 0.0694. The highest BCUT2D eigenvalue weighted by molar-refractivity contribution is 5.93. The fourth-order valence-corrected chi connectivity index (χ4v) is 3.73. The Morgan fingerprint density at radius 2 is 2.14 bits per heavy atom. The zero-order chi connectivity index (χ0) is 19.1. The lowest BCUT2D eigenvalue weighted by Gasteiger charge is -2.44. The Balaban J connectivity index is 1.23. The molecule has 0 bridgehead atoms. The molecule has 0 radical (unpaired) electrons. The van der Waals surface area contributed by atoms with Crippen molar-refractivity contribution in [2.75, 3.05) is 25.0 Å². The molecule has 1 fully saturated rings. The number of fused-ring (bicyclic) bond motifs is 1. The smallest absolute Gasteiger partial charge is 0.276 e.